The van der Waals surface area contributed by atoms with Gasteiger partial charge in [0.25, 0.3) is 0 Å². The largest absolute Gasteiger partial charge is 0.475 e. The molecule has 2 aliphatic rings. The van der Waals surface area contributed by atoms with Crippen LogP contribution < -0.4 is 0 Å². The van der Waals surface area contributed by atoms with E-state index in [1.807, 2.05) is 13.8 Å². The second-order valence-electron chi connectivity index (χ2n) is 5.62. The number of rotatable bonds is 2. The number of hydrogen-bond acceptors (Lipinski definition) is 4. The Kier molecular flexibility index (Phi) is 2.92. The molecular formula is C13H22N2O2. The molecule has 0 saturated heterocycles. The lowest BCUT2D eigenvalue weighted by Crippen LogP contribution is -2.35. The van der Waals surface area contributed by atoms with E-state index in [0.29, 0.717) is 0 Å². The zero-order chi connectivity index (χ0) is 12.8. The van der Waals surface area contributed by atoms with E-state index in [0.717, 1.165) is 11.8 Å². The van der Waals surface area contributed by atoms with Gasteiger partial charge >= 0.3 is 0 Å². The molecule has 2 heterocycles. The maximum absolute atomic E-state index is 5.81. The first-order chi connectivity index (χ1) is 7.82. The number of hydrogen-bond donors (Lipinski definition) is 0. The molecule has 17 heavy (non-hydrogen) atoms. The molecule has 0 aromatic carbocycles. The van der Waals surface area contributed by atoms with Crippen molar-refractivity contribution >= 4 is 11.8 Å². The molecule has 0 bridgehead atoms. The van der Waals surface area contributed by atoms with E-state index in [2.05, 4.69) is 37.7 Å². The third-order valence-electron chi connectivity index (χ3n) is 3.66. The van der Waals surface area contributed by atoms with Crippen LogP contribution in [-0.2, 0) is 9.47 Å². The third kappa shape index (κ3) is 2.05. The first-order valence-corrected chi connectivity index (χ1v) is 6.32. The summed E-state index contributed by atoms with van der Waals surface area (Å²) < 4.78 is 11.6. The molecule has 2 aliphatic heterocycles. The van der Waals surface area contributed by atoms with Crippen molar-refractivity contribution < 1.29 is 9.47 Å². The van der Waals surface area contributed by atoms with E-state index >= 15 is 0 Å². The SMILES string of the molecule is CC1N=C(C(C)(C)C2=NC(C)C(C)O2)OC1C. The summed E-state index contributed by atoms with van der Waals surface area (Å²) in [5, 5.41) is 0. The fraction of sp³-hybridized carbons (Fsp3) is 0.846. The predicted octanol–water partition coefficient (Wildman–Crippen LogP) is 2.42. The van der Waals surface area contributed by atoms with Crippen molar-refractivity contribution in [1.82, 2.24) is 0 Å². The van der Waals surface area contributed by atoms with Gasteiger partial charge in [0.1, 0.15) is 17.6 Å². The minimum Gasteiger partial charge on any atom is -0.475 e. The zero-order valence-electron chi connectivity index (χ0n) is 11.5. The highest BCUT2D eigenvalue weighted by Crippen LogP contribution is 2.32. The van der Waals surface area contributed by atoms with E-state index in [-0.39, 0.29) is 29.7 Å². The quantitative estimate of drug-likeness (QED) is 0.741. The van der Waals surface area contributed by atoms with Crippen molar-refractivity contribution in [3.05, 3.63) is 0 Å². The summed E-state index contributed by atoms with van der Waals surface area (Å²) >= 11 is 0. The molecular weight excluding hydrogens is 216 g/mol. The Balaban J connectivity index is 2.21. The minimum atomic E-state index is -0.363. The maximum Gasteiger partial charge on any atom is 0.199 e. The molecule has 0 radical (unpaired) electrons. The van der Waals surface area contributed by atoms with Crippen LogP contribution in [0.2, 0.25) is 0 Å². The smallest absolute Gasteiger partial charge is 0.199 e. The zero-order valence-corrected chi connectivity index (χ0v) is 11.5. The molecule has 0 N–H and O–H groups in total. The molecule has 2 rings (SSSR count). The van der Waals surface area contributed by atoms with E-state index in [9.17, 15) is 0 Å². The van der Waals surface area contributed by atoms with E-state index in [4.69, 9.17) is 9.47 Å². The summed E-state index contributed by atoms with van der Waals surface area (Å²) in [4.78, 5) is 9.14. The van der Waals surface area contributed by atoms with Gasteiger partial charge in [0.05, 0.1) is 12.1 Å². The molecule has 0 aromatic rings. The van der Waals surface area contributed by atoms with Gasteiger partial charge in [0.15, 0.2) is 11.8 Å². The Bertz CT molecular complexity index is 340. The van der Waals surface area contributed by atoms with Crippen LogP contribution in [-0.4, -0.2) is 36.1 Å². The number of aliphatic imine (C=N–C) groups is 2. The van der Waals surface area contributed by atoms with Crippen LogP contribution in [0.1, 0.15) is 41.5 Å². The summed E-state index contributed by atoms with van der Waals surface area (Å²) in [5.74, 6) is 1.50. The average molecular weight is 238 g/mol. The van der Waals surface area contributed by atoms with Crippen LogP contribution >= 0.6 is 0 Å². The summed E-state index contributed by atoms with van der Waals surface area (Å²) in [7, 11) is 0. The predicted molar refractivity (Wildman–Crippen MR) is 68.7 cm³/mol. The van der Waals surface area contributed by atoms with Crippen molar-refractivity contribution in [2.24, 2.45) is 15.4 Å². The lowest BCUT2D eigenvalue weighted by Gasteiger charge is -2.24. The van der Waals surface area contributed by atoms with Gasteiger partial charge in [-0.25, -0.2) is 9.98 Å². The van der Waals surface area contributed by atoms with Crippen molar-refractivity contribution in [2.45, 2.75) is 65.8 Å². The second-order valence-corrected chi connectivity index (χ2v) is 5.62. The normalized spacial score (nSPS) is 37.3. The third-order valence-corrected chi connectivity index (χ3v) is 3.66. The minimum absolute atomic E-state index is 0.140. The summed E-state index contributed by atoms with van der Waals surface area (Å²) in [6, 6.07) is 0.419. The fourth-order valence-electron chi connectivity index (χ4n) is 1.90. The average Bonchev–Trinajstić information content (AvgIpc) is 2.74. The van der Waals surface area contributed by atoms with Gasteiger partial charge in [-0.15, -0.1) is 0 Å². The molecule has 4 atom stereocenters. The van der Waals surface area contributed by atoms with Crippen LogP contribution in [0.3, 0.4) is 0 Å². The Morgan fingerprint density at radius 3 is 1.41 bits per heavy atom. The molecule has 4 heteroatoms. The molecule has 0 amide bonds. The standard InChI is InChI=1S/C13H22N2O2/c1-7-9(3)16-11(14-7)13(5,6)12-15-8(2)10(4)17-12/h7-10H,1-6H3. The van der Waals surface area contributed by atoms with Crippen molar-refractivity contribution in [3.8, 4) is 0 Å². The fourth-order valence-corrected chi connectivity index (χ4v) is 1.90. The van der Waals surface area contributed by atoms with Gasteiger partial charge in [-0.05, 0) is 41.5 Å². The highest BCUT2D eigenvalue weighted by Gasteiger charge is 2.43. The number of ether oxygens (including phenoxy) is 2. The van der Waals surface area contributed by atoms with Crippen LogP contribution in [0.25, 0.3) is 0 Å². The Hall–Kier alpha value is -1.06. The molecule has 0 spiro atoms. The summed E-state index contributed by atoms with van der Waals surface area (Å²) in [6.45, 7) is 12.3. The van der Waals surface area contributed by atoms with Crippen LogP contribution in [0.4, 0.5) is 0 Å². The Morgan fingerprint density at radius 2 is 1.18 bits per heavy atom. The van der Waals surface area contributed by atoms with Crippen molar-refractivity contribution in [1.29, 1.82) is 0 Å². The van der Waals surface area contributed by atoms with Gasteiger partial charge in [-0.3, -0.25) is 0 Å². The van der Waals surface area contributed by atoms with Crippen LogP contribution in [0, 0.1) is 5.41 Å². The highest BCUT2D eigenvalue weighted by atomic mass is 16.5. The lowest BCUT2D eigenvalue weighted by atomic mass is 9.93. The topological polar surface area (TPSA) is 43.2 Å². The molecule has 4 unspecified atom stereocenters. The van der Waals surface area contributed by atoms with E-state index in [1.165, 1.54) is 0 Å². The molecule has 0 saturated carbocycles. The summed E-state index contributed by atoms with van der Waals surface area (Å²) in [6.07, 6.45) is 0.280. The van der Waals surface area contributed by atoms with E-state index < -0.39 is 0 Å². The van der Waals surface area contributed by atoms with Crippen molar-refractivity contribution in [3.63, 3.8) is 0 Å². The monoisotopic (exact) mass is 238 g/mol. The maximum atomic E-state index is 5.81. The Labute approximate surface area is 103 Å². The lowest BCUT2D eigenvalue weighted by molar-refractivity contribution is 0.181. The van der Waals surface area contributed by atoms with Gasteiger partial charge in [-0.1, -0.05) is 0 Å². The summed E-state index contributed by atoms with van der Waals surface area (Å²) in [5.41, 5.74) is -0.363. The first kappa shape index (κ1) is 12.4. The van der Waals surface area contributed by atoms with Crippen molar-refractivity contribution in [2.75, 3.05) is 0 Å². The van der Waals surface area contributed by atoms with Crippen LogP contribution in [0.15, 0.2) is 9.98 Å². The molecule has 0 aromatic heterocycles. The molecule has 96 valence electrons. The van der Waals surface area contributed by atoms with Gasteiger partial charge in [-0.2, -0.15) is 0 Å². The highest BCUT2D eigenvalue weighted by molar-refractivity contribution is 6.05. The number of nitrogens with zero attached hydrogens (tertiary/aromatic N) is 2. The molecule has 0 aliphatic carbocycles. The second kappa shape index (κ2) is 4.00. The van der Waals surface area contributed by atoms with Crippen LogP contribution in [0.5, 0.6) is 0 Å². The van der Waals surface area contributed by atoms with Gasteiger partial charge in [0, 0.05) is 0 Å². The Morgan fingerprint density at radius 1 is 0.824 bits per heavy atom. The first-order valence-electron chi connectivity index (χ1n) is 6.32. The molecule has 4 nitrogen and oxygen atoms in total. The van der Waals surface area contributed by atoms with Gasteiger partial charge in [0.2, 0.25) is 0 Å². The van der Waals surface area contributed by atoms with E-state index in [1.54, 1.807) is 0 Å². The molecule has 0 fully saturated rings. The van der Waals surface area contributed by atoms with Gasteiger partial charge < -0.3 is 9.47 Å².